The van der Waals surface area contributed by atoms with E-state index < -0.39 is 11.2 Å². The molecule has 0 radical (unpaired) electrons. The van der Waals surface area contributed by atoms with Crippen molar-refractivity contribution < 1.29 is 9.53 Å². The monoisotopic (exact) mass is 349 g/mol. The topological polar surface area (TPSA) is 91.4 Å². The maximum absolute atomic E-state index is 12.6. The van der Waals surface area contributed by atoms with E-state index in [4.69, 9.17) is 4.74 Å². The highest BCUT2D eigenvalue weighted by Crippen LogP contribution is 2.14. The molecular weight excluding hydrogens is 326 g/mol. The number of hydrogen-bond donors (Lipinski definition) is 0. The largest absolute Gasteiger partial charge is 0.375 e. The van der Waals surface area contributed by atoms with Crippen LogP contribution in [0.5, 0.6) is 0 Å². The number of ether oxygens (including phenoxy) is 1. The lowest BCUT2D eigenvalue weighted by molar-refractivity contribution is -0.143. The first kappa shape index (κ1) is 17.4. The van der Waals surface area contributed by atoms with Crippen molar-refractivity contribution in [2.45, 2.75) is 39.0 Å². The van der Waals surface area contributed by atoms with Gasteiger partial charge in [-0.1, -0.05) is 0 Å². The Labute approximate surface area is 144 Å². The SMILES string of the molecule is C[C@@H]1CO[C@@H](C)CN1C(=O)CCn1cnc2c1c(=O)n(C)c(=O)n2C. The zero-order valence-corrected chi connectivity index (χ0v) is 14.9. The fraction of sp³-hybridized carbons (Fsp3) is 0.625. The Bertz CT molecular complexity index is 925. The molecule has 0 unspecified atom stereocenters. The summed E-state index contributed by atoms with van der Waals surface area (Å²) in [7, 11) is 3.01. The van der Waals surface area contributed by atoms with E-state index in [1.807, 2.05) is 18.7 Å². The minimum atomic E-state index is -0.421. The van der Waals surface area contributed by atoms with Crippen LogP contribution in [0, 0.1) is 0 Å². The number of fused-ring (bicyclic) bond motifs is 1. The number of carbonyl (C=O) groups excluding carboxylic acids is 1. The fourth-order valence-electron chi connectivity index (χ4n) is 3.18. The molecule has 1 amide bonds. The smallest absolute Gasteiger partial charge is 0.332 e. The van der Waals surface area contributed by atoms with E-state index in [9.17, 15) is 14.4 Å². The first-order valence-corrected chi connectivity index (χ1v) is 8.33. The summed E-state index contributed by atoms with van der Waals surface area (Å²) in [6.07, 6.45) is 1.79. The van der Waals surface area contributed by atoms with E-state index in [2.05, 4.69) is 4.98 Å². The van der Waals surface area contributed by atoms with Crippen molar-refractivity contribution in [3.8, 4) is 0 Å². The van der Waals surface area contributed by atoms with Crippen LogP contribution in [0.3, 0.4) is 0 Å². The average molecular weight is 349 g/mol. The van der Waals surface area contributed by atoms with Gasteiger partial charge in [0.05, 0.1) is 25.1 Å². The molecule has 9 nitrogen and oxygen atoms in total. The maximum Gasteiger partial charge on any atom is 0.332 e. The number of morpholine rings is 1. The third kappa shape index (κ3) is 2.99. The van der Waals surface area contributed by atoms with Gasteiger partial charge in [-0.2, -0.15) is 0 Å². The van der Waals surface area contributed by atoms with E-state index >= 15 is 0 Å². The van der Waals surface area contributed by atoms with Gasteiger partial charge in [-0.25, -0.2) is 9.78 Å². The van der Waals surface area contributed by atoms with E-state index in [0.717, 1.165) is 4.57 Å². The molecule has 0 bridgehead atoms. The lowest BCUT2D eigenvalue weighted by atomic mass is 10.2. The summed E-state index contributed by atoms with van der Waals surface area (Å²) in [6, 6.07) is 0.0388. The highest BCUT2D eigenvalue weighted by atomic mass is 16.5. The van der Waals surface area contributed by atoms with Crippen molar-refractivity contribution in [2.75, 3.05) is 13.2 Å². The molecular formula is C16H23N5O4. The lowest BCUT2D eigenvalue weighted by Gasteiger charge is -2.36. The Hall–Kier alpha value is -2.42. The number of aromatic nitrogens is 4. The van der Waals surface area contributed by atoms with E-state index in [1.165, 1.54) is 17.9 Å². The molecule has 25 heavy (non-hydrogen) atoms. The first-order chi connectivity index (χ1) is 11.8. The Morgan fingerprint density at radius 3 is 2.72 bits per heavy atom. The molecule has 3 rings (SSSR count). The molecule has 1 fully saturated rings. The van der Waals surface area contributed by atoms with Gasteiger partial charge in [0.1, 0.15) is 0 Å². The number of amides is 1. The Kier molecular flexibility index (Phi) is 4.51. The number of aryl methyl sites for hydroxylation is 2. The van der Waals surface area contributed by atoms with Crippen molar-refractivity contribution in [1.29, 1.82) is 0 Å². The molecule has 3 heterocycles. The third-order valence-corrected chi connectivity index (χ3v) is 4.71. The highest BCUT2D eigenvalue weighted by molar-refractivity contribution is 5.77. The van der Waals surface area contributed by atoms with Crippen molar-refractivity contribution in [2.24, 2.45) is 14.1 Å². The number of hydrogen-bond acceptors (Lipinski definition) is 5. The predicted octanol–water partition coefficient (Wildman–Crippen LogP) is -0.540. The standard InChI is InChI=1S/C16H23N5O4/c1-10-8-25-11(2)7-21(10)12(22)5-6-20-9-17-14-13(20)15(23)19(4)16(24)18(14)3/h9-11H,5-8H2,1-4H3/t10-,11+/m1/s1. The second kappa shape index (κ2) is 6.47. The van der Waals surface area contributed by atoms with Gasteiger partial charge >= 0.3 is 5.69 Å². The average Bonchev–Trinajstić information content (AvgIpc) is 3.02. The van der Waals surface area contributed by atoms with Crippen LogP contribution in [0.15, 0.2) is 15.9 Å². The van der Waals surface area contributed by atoms with E-state index in [-0.39, 0.29) is 24.5 Å². The molecule has 9 heteroatoms. The molecule has 1 aliphatic rings. The van der Waals surface area contributed by atoms with Crippen molar-refractivity contribution in [3.63, 3.8) is 0 Å². The van der Waals surface area contributed by atoms with Crippen LogP contribution in [0.4, 0.5) is 0 Å². The maximum atomic E-state index is 12.6. The van der Waals surface area contributed by atoms with E-state index in [1.54, 1.807) is 11.6 Å². The predicted molar refractivity (Wildman–Crippen MR) is 91.4 cm³/mol. The lowest BCUT2D eigenvalue weighted by Crippen LogP contribution is -2.50. The summed E-state index contributed by atoms with van der Waals surface area (Å²) in [4.78, 5) is 42.9. The van der Waals surface area contributed by atoms with Gasteiger partial charge in [-0.3, -0.25) is 18.7 Å². The van der Waals surface area contributed by atoms with Gasteiger partial charge in [-0.15, -0.1) is 0 Å². The Balaban J connectivity index is 1.83. The molecule has 136 valence electrons. The summed E-state index contributed by atoms with van der Waals surface area (Å²) in [5.74, 6) is 0.0196. The van der Waals surface area contributed by atoms with Crippen molar-refractivity contribution in [3.05, 3.63) is 27.2 Å². The van der Waals surface area contributed by atoms with Crippen LogP contribution in [-0.4, -0.2) is 54.8 Å². The molecule has 0 spiro atoms. The first-order valence-electron chi connectivity index (χ1n) is 8.33. The number of carbonyl (C=O) groups is 1. The zero-order valence-electron chi connectivity index (χ0n) is 14.9. The second-order valence-electron chi connectivity index (χ2n) is 6.61. The highest BCUT2D eigenvalue weighted by Gasteiger charge is 2.27. The number of rotatable bonds is 3. The minimum Gasteiger partial charge on any atom is -0.375 e. The zero-order chi connectivity index (χ0) is 18.3. The van der Waals surface area contributed by atoms with E-state index in [0.29, 0.717) is 30.9 Å². The van der Waals surface area contributed by atoms with Gasteiger partial charge in [0, 0.05) is 33.6 Å². The van der Waals surface area contributed by atoms with Gasteiger partial charge in [0.2, 0.25) is 5.91 Å². The van der Waals surface area contributed by atoms with Crippen LogP contribution in [-0.2, 0) is 30.2 Å². The number of nitrogens with zero attached hydrogens (tertiary/aromatic N) is 5. The third-order valence-electron chi connectivity index (χ3n) is 4.71. The van der Waals surface area contributed by atoms with Crippen molar-refractivity contribution in [1.82, 2.24) is 23.6 Å². The van der Waals surface area contributed by atoms with Gasteiger partial charge in [-0.05, 0) is 13.8 Å². The minimum absolute atomic E-state index is 0.0196. The van der Waals surface area contributed by atoms with Gasteiger partial charge in [0.15, 0.2) is 11.2 Å². The quantitative estimate of drug-likeness (QED) is 0.742. The second-order valence-corrected chi connectivity index (χ2v) is 6.61. The molecule has 2 aromatic rings. The molecule has 0 aromatic carbocycles. The molecule has 0 N–H and O–H groups in total. The normalized spacial score (nSPS) is 21.0. The van der Waals surface area contributed by atoms with Crippen LogP contribution in [0.25, 0.3) is 11.2 Å². The summed E-state index contributed by atoms with van der Waals surface area (Å²) >= 11 is 0. The van der Waals surface area contributed by atoms with Gasteiger partial charge in [0.25, 0.3) is 5.56 Å². The van der Waals surface area contributed by atoms with Crippen LogP contribution < -0.4 is 11.2 Å². The fourth-order valence-corrected chi connectivity index (χ4v) is 3.18. The molecule has 1 saturated heterocycles. The molecule has 2 atom stereocenters. The summed E-state index contributed by atoms with van der Waals surface area (Å²) in [5, 5.41) is 0. The van der Waals surface area contributed by atoms with Crippen LogP contribution in [0.2, 0.25) is 0 Å². The Morgan fingerprint density at radius 1 is 1.28 bits per heavy atom. The van der Waals surface area contributed by atoms with Crippen LogP contribution >= 0.6 is 0 Å². The molecule has 0 saturated carbocycles. The van der Waals surface area contributed by atoms with Crippen molar-refractivity contribution >= 4 is 17.1 Å². The Morgan fingerprint density at radius 2 is 2.00 bits per heavy atom. The number of imidazole rings is 1. The van der Waals surface area contributed by atoms with Crippen LogP contribution in [0.1, 0.15) is 20.3 Å². The molecule has 2 aromatic heterocycles. The van der Waals surface area contributed by atoms with Gasteiger partial charge < -0.3 is 14.2 Å². The summed E-state index contributed by atoms with van der Waals surface area (Å²) < 4.78 is 9.57. The molecule has 1 aliphatic heterocycles. The molecule has 0 aliphatic carbocycles. The summed E-state index contributed by atoms with van der Waals surface area (Å²) in [5.41, 5.74) is -0.166. The summed E-state index contributed by atoms with van der Waals surface area (Å²) in [6.45, 7) is 5.34.